The molecule has 0 amide bonds. The molecule has 0 aromatic carbocycles. The van der Waals surface area contributed by atoms with Crippen molar-refractivity contribution in [1.82, 2.24) is 0 Å². The fourth-order valence-electron chi connectivity index (χ4n) is 11.0. The number of nitrogens with zero attached hydrogens (tertiary/aromatic N) is 1. The summed E-state index contributed by atoms with van der Waals surface area (Å²) in [7, 11) is 5.99. The third-order valence-corrected chi connectivity index (χ3v) is 16.8. The Balaban J connectivity index is 4.04. The van der Waals surface area contributed by atoms with Gasteiger partial charge in [0.25, 0.3) is 6.29 Å². The maximum atomic E-state index is 13.0. The molecule has 1 N–H and O–H groups in total. The van der Waals surface area contributed by atoms with E-state index >= 15 is 0 Å². The average Bonchev–Trinajstić information content (AvgIpc) is 3.46. The summed E-state index contributed by atoms with van der Waals surface area (Å²) in [4.78, 5) is 37.7. The molecule has 9 nitrogen and oxygen atoms in total. The number of aliphatic carboxylic acids is 1. The molecule has 2 atom stereocenters. The van der Waals surface area contributed by atoms with Gasteiger partial charge in [0.05, 0.1) is 34.4 Å². The number of carboxylic acid groups (broad SMARTS) is 1. The second-order valence-corrected chi connectivity index (χ2v) is 26.9. The first-order valence-corrected chi connectivity index (χ1v) is 38.4. The van der Waals surface area contributed by atoms with Crippen molar-refractivity contribution in [1.29, 1.82) is 0 Å². The molecule has 0 spiro atoms. The Morgan fingerprint density at radius 1 is 0.341 bits per heavy atom. The van der Waals surface area contributed by atoms with Crippen LogP contribution in [0, 0.1) is 0 Å². The van der Waals surface area contributed by atoms with Crippen LogP contribution in [0.4, 0.5) is 0 Å². The summed E-state index contributed by atoms with van der Waals surface area (Å²) >= 11 is 0. The lowest BCUT2D eigenvalue weighted by molar-refractivity contribution is -0.870. The molecule has 0 aliphatic carbocycles. The Morgan fingerprint density at radius 3 is 0.934 bits per heavy atom. The van der Waals surface area contributed by atoms with Crippen LogP contribution in [-0.2, 0) is 33.3 Å². The fraction of sp³-hybridized carbons (Fsp3) is 0.768. The molecule has 0 bridgehead atoms. The zero-order valence-corrected chi connectivity index (χ0v) is 60.2. The third kappa shape index (κ3) is 73.5. The monoisotopic (exact) mass is 1270 g/mol. The molecule has 9 heteroatoms. The average molecular weight is 1270 g/mol. The van der Waals surface area contributed by atoms with Crippen molar-refractivity contribution in [3.63, 3.8) is 0 Å². The van der Waals surface area contributed by atoms with E-state index in [1.807, 2.05) is 21.1 Å². The van der Waals surface area contributed by atoms with E-state index in [0.29, 0.717) is 17.4 Å². The summed E-state index contributed by atoms with van der Waals surface area (Å²) in [5, 5.41) is 9.77. The number of carbonyl (C=O) groups is 3. The Kier molecular flexibility index (Phi) is 69.0. The second-order valence-electron chi connectivity index (χ2n) is 26.9. The minimum atomic E-state index is -1.51. The van der Waals surface area contributed by atoms with Crippen molar-refractivity contribution in [3.05, 3.63) is 97.2 Å². The highest BCUT2D eigenvalue weighted by atomic mass is 16.7. The number of esters is 2. The number of quaternary nitrogens is 1. The smallest absolute Gasteiger partial charge is 0.361 e. The largest absolute Gasteiger partial charge is 0.477 e. The Bertz CT molecular complexity index is 1820. The van der Waals surface area contributed by atoms with Crippen LogP contribution in [0.2, 0.25) is 0 Å². The van der Waals surface area contributed by atoms with Crippen molar-refractivity contribution in [2.75, 3.05) is 47.5 Å². The van der Waals surface area contributed by atoms with E-state index in [-0.39, 0.29) is 38.2 Å². The highest BCUT2D eigenvalue weighted by molar-refractivity contribution is 5.71. The van der Waals surface area contributed by atoms with Gasteiger partial charge in [0, 0.05) is 12.8 Å². The van der Waals surface area contributed by atoms with Gasteiger partial charge in [0.1, 0.15) is 13.2 Å². The molecule has 0 aromatic heterocycles. The summed E-state index contributed by atoms with van der Waals surface area (Å²) in [5.41, 5.74) is 0. The van der Waals surface area contributed by atoms with Gasteiger partial charge in [-0.05, 0) is 96.3 Å². The van der Waals surface area contributed by atoms with Crippen molar-refractivity contribution in [2.45, 2.75) is 360 Å². The number of likely N-dealkylation sites (N-methyl/N-ethyl adjacent to an activating group) is 1. The first-order chi connectivity index (χ1) is 44.6. The molecule has 91 heavy (non-hydrogen) atoms. The third-order valence-electron chi connectivity index (χ3n) is 16.8. The zero-order valence-electron chi connectivity index (χ0n) is 60.2. The lowest BCUT2D eigenvalue weighted by Crippen LogP contribution is -2.40. The van der Waals surface area contributed by atoms with Gasteiger partial charge in [0.15, 0.2) is 6.10 Å². The van der Waals surface area contributed by atoms with E-state index in [4.69, 9.17) is 18.9 Å². The number of allylic oxidation sites excluding steroid dienone is 16. The quantitative estimate of drug-likeness (QED) is 0.0211. The molecule has 0 aliphatic rings. The molecule has 0 saturated carbocycles. The predicted molar refractivity (Wildman–Crippen MR) is 392 cm³/mol. The molecular formula is C82H146NO8+. The van der Waals surface area contributed by atoms with Gasteiger partial charge in [0.2, 0.25) is 0 Å². The van der Waals surface area contributed by atoms with Gasteiger partial charge in [-0.15, -0.1) is 0 Å². The van der Waals surface area contributed by atoms with E-state index in [2.05, 4.69) is 111 Å². The number of carboxylic acids is 1. The minimum absolute atomic E-state index is 0.181. The van der Waals surface area contributed by atoms with Crippen molar-refractivity contribution < 1.29 is 42.9 Å². The number of ether oxygens (including phenoxy) is 4. The van der Waals surface area contributed by atoms with Crippen LogP contribution in [-0.4, -0.2) is 87.4 Å². The van der Waals surface area contributed by atoms with E-state index in [1.165, 1.54) is 238 Å². The SMILES string of the molecule is CC/C=C\C/C=C\C/C=C\C/C=C\C/C=C\CCCCCCCCCCCCCCCCCCCCCC(=O)OC(COC(=O)CCCCCCCCCCCCCCCCCC/C=C\C/C=C\C/C=C\CCCCCCC)COC(OCC[N+](C)(C)C)C(=O)O. The lowest BCUT2D eigenvalue weighted by Gasteiger charge is -2.25. The van der Waals surface area contributed by atoms with Crippen molar-refractivity contribution in [3.8, 4) is 0 Å². The van der Waals surface area contributed by atoms with E-state index < -0.39 is 18.4 Å². The van der Waals surface area contributed by atoms with Gasteiger partial charge in [-0.3, -0.25) is 9.59 Å². The second kappa shape index (κ2) is 72.0. The van der Waals surface area contributed by atoms with E-state index in [0.717, 1.165) is 83.5 Å². The van der Waals surface area contributed by atoms with Crippen LogP contribution in [0.5, 0.6) is 0 Å². The van der Waals surface area contributed by atoms with Crippen LogP contribution in [0.3, 0.4) is 0 Å². The summed E-state index contributed by atoms with van der Waals surface area (Å²) in [6, 6.07) is 0. The maximum absolute atomic E-state index is 13.0. The van der Waals surface area contributed by atoms with Crippen LogP contribution < -0.4 is 0 Å². The molecule has 0 aromatic rings. The first-order valence-electron chi connectivity index (χ1n) is 38.4. The first kappa shape index (κ1) is 87.2. The van der Waals surface area contributed by atoms with Gasteiger partial charge >= 0.3 is 17.9 Å². The van der Waals surface area contributed by atoms with Gasteiger partial charge in [-0.1, -0.05) is 336 Å². The fourth-order valence-corrected chi connectivity index (χ4v) is 11.0. The van der Waals surface area contributed by atoms with E-state index in [9.17, 15) is 19.5 Å². The highest BCUT2D eigenvalue weighted by Gasteiger charge is 2.25. The molecule has 0 aliphatic heterocycles. The molecule has 0 rings (SSSR count). The van der Waals surface area contributed by atoms with Gasteiger partial charge in [-0.25, -0.2) is 4.79 Å². The molecule has 0 saturated heterocycles. The number of carbonyl (C=O) groups excluding carboxylic acids is 2. The molecule has 0 heterocycles. The minimum Gasteiger partial charge on any atom is -0.477 e. The molecule has 526 valence electrons. The van der Waals surface area contributed by atoms with E-state index in [1.54, 1.807) is 0 Å². The molecule has 0 radical (unpaired) electrons. The number of unbranched alkanes of at least 4 members (excludes halogenated alkanes) is 40. The zero-order chi connectivity index (χ0) is 66.1. The van der Waals surface area contributed by atoms with Gasteiger partial charge < -0.3 is 28.5 Å². The Hall–Kier alpha value is -3.79. The van der Waals surface area contributed by atoms with Crippen LogP contribution >= 0.6 is 0 Å². The summed E-state index contributed by atoms with van der Waals surface area (Å²) in [6.07, 6.45) is 96.8. The van der Waals surface area contributed by atoms with Crippen molar-refractivity contribution in [2.24, 2.45) is 0 Å². The lowest BCUT2D eigenvalue weighted by atomic mass is 10.0. The number of hydrogen-bond acceptors (Lipinski definition) is 7. The predicted octanol–water partition coefficient (Wildman–Crippen LogP) is 24.4. The summed E-state index contributed by atoms with van der Waals surface area (Å²) in [6.45, 7) is 4.80. The normalized spacial score (nSPS) is 13.2. The maximum Gasteiger partial charge on any atom is 0.361 e. The van der Waals surface area contributed by atoms with Crippen LogP contribution in [0.25, 0.3) is 0 Å². The Labute approximate surface area is 562 Å². The summed E-state index contributed by atoms with van der Waals surface area (Å²) < 4.78 is 23.0. The topological polar surface area (TPSA) is 108 Å². The standard InChI is InChI=1S/C82H145NO8/c1-6-8-10-12-14-16-18-20-22-24-26-28-30-32-34-36-38-39-40-41-43-45-47-49-51-53-55-57-59-61-63-65-67-69-71-73-80(85)91-78(77-90-82(81(86)87)88-75-74-83(3,4)5)76-89-79(84)72-70-68-66-64-62-60-58-56-54-52-50-48-46-44-42-37-35-33-31-29-27-25-23-21-19-17-15-13-11-9-7-2/h8,10,14,16,19-22,25-28,31-34,78,82H,6-7,9,11-13,15,17-18,23-24,29-30,35-77H2,1-5H3/p+1/b10-8-,16-14-,21-19-,22-20-,27-25-,28-26-,33-31-,34-32-. The summed E-state index contributed by atoms with van der Waals surface area (Å²) in [5.74, 6) is -1.99. The number of rotatable bonds is 71. The molecule has 2 unspecified atom stereocenters. The number of hydrogen-bond donors (Lipinski definition) is 1. The van der Waals surface area contributed by atoms with Crippen molar-refractivity contribution >= 4 is 17.9 Å². The van der Waals surface area contributed by atoms with Gasteiger partial charge in [-0.2, -0.15) is 0 Å². The molecular weight excluding hydrogens is 1130 g/mol. The van der Waals surface area contributed by atoms with Crippen LogP contribution in [0.1, 0.15) is 348 Å². The Morgan fingerprint density at radius 2 is 0.626 bits per heavy atom. The molecule has 0 fully saturated rings. The highest BCUT2D eigenvalue weighted by Crippen LogP contribution is 2.18. The van der Waals surface area contributed by atoms with Crippen LogP contribution in [0.15, 0.2) is 97.2 Å².